The largest absolute Gasteiger partial charge is 0.492 e. The molecule has 0 aliphatic heterocycles. The van der Waals surface area contributed by atoms with Crippen LogP contribution in [-0.4, -0.2) is 24.7 Å². The van der Waals surface area contributed by atoms with Crippen LogP contribution in [0.5, 0.6) is 5.75 Å². The van der Waals surface area contributed by atoms with Crippen LogP contribution in [0.15, 0.2) is 29.4 Å². The maximum absolute atomic E-state index is 10.3. The number of carbonyl (C=O) groups excluding carboxylic acids is 1. The summed E-state index contributed by atoms with van der Waals surface area (Å²) in [4.78, 5) is 10.3. The van der Waals surface area contributed by atoms with E-state index in [1.54, 1.807) is 24.3 Å². The molecule has 6 heteroatoms. The number of benzene rings is 1. The number of hydrogen-bond acceptors (Lipinski definition) is 3. The van der Waals surface area contributed by atoms with Gasteiger partial charge in [0.25, 0.3) is 0 Å². The fourth-order valence-corrected chi connectivity index (χ4v) is 1.05. The van der Waals surface area contributed by atoms with Crippen LogP contribution in [0.3, 0.4) is 0 Å². The number of ether oxygens (including phenoxy) is 1. The summed E-state index contributed by atoms with van der Waals surface area (Å²) in [6.07, 6.45) is 1.48. The standard InChI is InChI=1S/C10H12ClN3O2/c11-5-6-16-9-3-1-8(2-4-9)7-13-14-10(12)15/h1-4,7H,5-6H2,(H3,12,14,15). The lowest BCUT2D eigenvalue weighted by atomic mass is 10.2. The first-order chi connectivity index (χ1) is 7.72. The number of nitrogens with one attached hydrogen (secondary N) is 1. The molecule has 0 heterocycles. The van der Waals surface area contributed by atoms with Gasteiger partial charge in [0.2, 0.25) is 0 Å². The summed E-state index contributed by atoms with van der Waals surface area (Å²) < 4.78 is 5.29. The van der Waals surface area contributed by atoms with E-state index in [2.05, 4.69) is 10.5 Å². The predicted octanol–water partition coefficient (Wildman–Crippen LogP) is 1.31. The highest BCUT2D eigenvalue weighted by Crippen LogP contribution is 2.10. The number of nitrogens with two attached hydrogens (primary N) is 1. The zero-order chi connectivity index (χ0) is 11.8. The zero-order valence-corrected chi connectivity index (χ0v) is 9.28. The van der Waals surface area contributed by atoms with Crippen molar-refractivity contribution in [2.24, 2.45) is 10.8 Å². The minimum atomic E-state index is -0.696. The molecule has 16 heavy (non-hydrogen) atoms. The summed E-state index contributed by atoms with van der Waals surface area (Å²) >= 11 is 5.48. The molecular formula is C10H12ClN3O2. The molecule has 0 fully saturated rings. The van der Waals surface area contributed by atoms with E-state index >= 15 is 0 Å². The maximum Gasteiger partial charge on any atom is 0.332 e. The van der Waals surface area contributed by atoms with Crippen LogP contribution in [0.4, 0.5) is 4.79 Å². The lowest BCUT2D eigenvalue weighted by Gasteiger charge is -2.03. The van der Waals surface area contributed by atoms with Crippen molar-refractivity contribution in [3.05, 3.63) is 29.8 Å². The normalized spacial score (nSPS) is 10.3. The molecule has 2 amide bonds. The van der Waals surface area contributed by atoms with Crippen LogP contribution in [0.2, 0.25) is 0 Å². The van der Waals surface area contributed by atoms with Gasteiger partial charge >= 0.3 is 6.03 Å². The minimum Gasteiger partial charge on any atom is -0.492 e. The first-order valence-electron chi connectivity index (χ1n) is 4.59. The Bertz CT molecular complexity index is 365. The van der Waals surface area contributed by atoms with Gasteiger partial charge in [0.1, 0.15) is 12.4 Å². The van der Waals surface area contributed by atoms with Crippen LogP contribution < -0.4 is 15.9 Å². The van der Waals surface area contributed by atoms with Crippen LogP contribution in [0, 0.1) is 0 Å². The number of urea groups is 1. The molecule has 86 valence electrons. The van der Waals surface area contributed by atoms with Crippen LogP contribution in [0.1, 0.15) is 5.56 Å². The Labute approximate surface area is 98.2 Å². The third kappa shape index (κ3) is 4.65. The van der Waals surface area contributed by atoms with Crippen molar-refractivity contribution in [3.8, 4) is 5.75 Å². The number of halogens is 1. The van der Waals surface area contributed by atoms with E-state index in [-0.39, 0.29) is 0 Å². The van der Waals surface area contributed by atoms with Gasteiger partial charge in [0, 0.05) is 0 Å². The number of hydrogen-bond donors (Lipinski definition) is 2. The number of hydrazone groups is 1. The summed E-state index contributed by atoms with van der Waals surface area (Å²) in [5.41, 5.74) is 7.77. The SMILES string of the molecule is NC(=O)NN=Cc1ccc(OCCCl)cc1. The molecule has 0 aliphatic carbocycles. The molecule has 0 saturated carbocycles. The highest BCUT2D eigenvalue weighted by Gasteiger charge is 1.93. The number of carbonyl (C=O) groups is 1. The molecule has 3 N–H and O–H groups in total. The average Bonchev–Trinajstić information content (AvgIpc) is 2.27. The average molecular weight is 242 g/mol. The van der Waals surface area contributed by atoms with E-state index in [0.717, 1.165) is 11.3 Å². The van der Waals surface area contributed by atoms with Crippen molar-refractivity contribution in [2.45, 2.75) is 0 Å². The van der Waals surface area contributed by atoms with Gasteiger partial charge in [0.15, 0.2) is 0 Å². The van der Waals surface area contributed by atoms with Gasteiger partial charge in [0.05, 0.1) is 12.1 Å². The van der Waals surface area contributed by atoms with Crippen LogP contribution in [0.25, 0.3) is 0 Å². The number of amides is 2. The Morgan fingerprint density at radius 2 is 2.19 bits per heavy atom. The van der Waals surface area contributed by atoms with Gasteiger partial charge in [-0.1, -0.05) is 0 Å². The Hall–Kier alpha value is -1.75. The van der Waals surface area contributed by atoms with Crippen molar-refractivity contribution in [1.82, 2.24) is 5.43 Å². The van der Waals surface area contributed by atoms with E-state index in [1.807, 2.05) is 0 Å². The fourth-order valence-electron chi connectivity index (χ4n) is 0.977. The second-order valence-corrected chi connectivity index (χ2v) is 3.22. The molecule has 0 bridgehead atoms. The smallest absolute Gasteiger partial charge is 0.332 e. The third-order valence-electron chi connectivity index (χ3n) is 1.61. The third-order valence-corrected chi connectivity index (χ3v) is 1.77. The summed E-state index contributed by atoms with van der Waals surface area (Å²) in [6, 6.07) is 6.49. The van der Waals surface area contributed by atoms with Crippen LogP contribution >= 0.6 is 11.6 Å². The Morgan fingerprint density at radius 1 is 1.50 bits per heavy atom. The lowest BCUT2D eigenvalue weighted by molar-refractivity contribution is 0.249. The molecule has 1 aromatic carbocycles. The van der Waals surface area contributed by atoms with Crippen molar-refractivity contribution in [1.29, 1.82) is 0 Å². The molecule has 0 atom stereocenters. The summed E-state index contributed by atoms with van der Waals surface area (Å²) in [5.74, 6) is 1.19. The minimum absolute atomic E-state index is 0.450. The van der Waals surface area contributed by atoms with Gasteiger partial charge < -0.3 is 10.5 Å². The molecule has 0 unspecified atom stereocenters. The van der Waals surface area contributed by atoms with Crippen molar-refractivity contribution >= 4 is 23.8 Å². The van der Waals surface area contributed by atoms with Crippen molar-refractivity contribution in [3.63, 3.8) is 0 Å². The zero-order valence-electron chi connectivity index (χ0n) is 8.52. The quantitative estimate of drug-likeness (QED) is 0.463. The van der Waals surface area contributed by atoms with E-state index in [0.29, 0.717) is 12.5 Å². The highest BCUT2D eigenvalue weighted by atomic mass is 35.5. The van der Waals surface area contributed by atoms with E-state index in [9.17, 15) is 4.79 Å². The molecule has 0 aromatic heterocycles. The van der Waals surface area contributed by atoms with Crippen molar-refractivity contribution in [2.75, 3.05) is 12.5 Å². The highest BCUT2D eigenvalue weighted by molar-refractivity contribution is 6.18. The molecule has 0 radical (unpaired) electrons. The lowest BCUT2D eigenvalue weighted by Crippen LogP contribution is -2.24. The second kappa shape index (κ2) is 6.68. The molecule has 5 nitrogen and oxygen atoms in total. The molecule has 0 spiro atoms. The molecule has 1 aromatic rings. The first kappa shape index (κ1) is 12.3. The van der Waals surface area contributed by atoms with E-state index in [1.165, 1.54) is 6.21 Å². The van der Waals surface area contributed by atoms with E-state index in [4.69, 9.17) is 22.1 Å². The van der Waals surface area contributed by atoms with Gasteiger partial charge in [-0.25, -0.2) is 10.2 Å². The Kier molecular flexibility index (Phi) is 5.15. The number of rotatable bonds is 5. The van der Waals surface area contributed by atoms with Gasteiger partial charge in [-0.05, 0) is 29.8 Å². The number of alkyl halides is 1. The second-order valence-electron chi connectivity index (χ2n) is 2.84. The van der Waals surface area contributed by atoms with Gasteiger partial charge in [-0.2, -0.15) is 5.10 Å². The topological polar surface area (TPSA) is 76.7 Å². The van der Waals surface area contributed by atoms with E-state index < -0.39 is 6.03 Å². The monoisotopic (exact) mass is 241 g/mol. The summed E-state index contributed by atoms with van der Waals surface area (Å²) in [6.45, 7) is 0.470. The number of nitrogens with zero attached hydrogens (tertiary/aromatic N) is 1. The summed E-state index contributed by atoms with van der Waals surface area (Å²) in [7, 11) is 0. The molecule has 0 aliphatic rings. The van der Waals surface area contributed by atoms with Gasteiger partial charge in [-0.3, -0.25) is 0 Å². The molecule has 1 rings (SSSR count). The molecule has 0 saturated heterocycles. The van der Waals surface area contributed by atoms with Crippen LogP contribution in [-0.2, 0) is 0 Å². The first-order valence-corrected chi connectivity index (χ1v) is 5.13. The fraction of sp³-hybridized carbons (Fsp3) is 0.200. The maximum atomic E-state index is 10.3. The molecular weight excluding hydrogens is 230 g/mol. The Balaban J connectivity index is 2.50. The van der Waals surface area contributed by atoms with Crippen molar-refractivity contribution < 1.29 is 9.53 Å². The van der Waals surface area contributed by atoms with Gasteiger partial charge in [-0.15, -0.1) is 11.6 Å². The number of primary amides is 1. The Morgan fingerprint density at radius 3 is 2.75 bits per heavy atom. The summed E-state index contributed by atoms with van der Waals surface area (Å²) in [5, 5.41) is 3.62. The predicted molar refractivity (Wildman–Crippen MR) is 63.0 cm³/mol.